The van der Waals surface area contributed by atoms with Crippen molar-refractivity contribution in [1.82, 2.24) is 4.98 Å². The Morgan fingerprint density at radius 2 is 1.89 bits per heavy atom. The molecule has 0 radical (unpaired) electrons. The second kappa shape index (κ2) is 8.46. The number of benzene rings is 2. The Balaban J connectivity index is 1.65. The highest BCUT2D eigenvalue weighted by Crippen LogP contribution is 2.25. The minimum Gasteiger partial charge on any atom is -0.497 e. The summed E-state index contributed by atoms with van der Waals surface area (Å²) in [7, 11) is 2.94. The number of amides is 1. The number of rotatable bonds is 6. The smallest absolute Gasteiger partial charge is 0.337 e. The van der Waals surface area contributed by atoms with Crippen molar-refractivity contribution in [3.8, 4) is 17.0 Å². The lowest BCUT2D eigenvalue weighted by Crippen LogP contribution is -2.14. The molecule has 0 saturated carbocycles. The molecule has 7 heteroatoms. The number of anilines is 1. The number of hydrogen-bond donors (Lipinski definition) is 1. The van der Waals surface area contributed by atoms with Gasteiger partial charge in [-0.15, -0.1) is 11.3 Å². The second-order valence-electron chi connectivity index (χ2n) is 5.68. The van der Waals surface area contributed by atoms with Gasteiger partial charge in [-0.25, -0.2) is 9.78 Å². The first-order chi connectivity index (χ1) is 13.1. The largest absolute Gasteiger partial charge is 0.497 e. The second-order valence-corrected chi connectivity index (χ2v) is 6.54. The summed E-state index contributed by atoms with van der Waals surface area (Å²) < 4.78 is 9.85. The van der Waals surface area contributed by atoms with Crippen LogP contribution in [0.1, 0.15) is 15.9 Å². The standard InChI is InChI=1S/C20H18N2O4S/c1-25-16-5-3-4-13(10-16)11-18(23)22-20-21-17(12-27-20)14-6-8-15(9-7-14)19(24)26-2/h3-10,12H,11H2,1-2H3,(H,21,22,23). The van der Waals surface area contributed by atoms with Crippen LogP contribution in [0.2, 0.25) is 0 Å². The fourth-order valence-electron chi connectivity index (χ4n) is 2.49. The van der Waals surface area contributed by atoms with E-state index in [0.29, 0.717) is 16.4 Å². The lowest BCUT2D eigenvalue weighted by atomic mass is 10.1. The van der Waals surface area contributed by atoms with Crippen LogP contribution in [0.5, 0.6) is 5.75 Å². The van der Waals surface area contributed by atoms with Gasteiger partial charge in [-0.1, -0.05) is 24.3 Å². The van der Waals surface area contributed by atoms with E-state index in [4.69, 9.17) is 4.74 Å². The molecule has 0 fully saturated rings. The molecule has 2 aromatic carbocycles. The van der Waals surface area contributed by atoms with Gasteiger partial charge in [0.15, 0.2) is 5.13 Å². The predicted octanol–water partition coefficient (Wildman–Crippen LogP) is 3.79. The summed E-state index contributed by atoms with van der Waals surface area (Å²) in [6.45, 7) is 0. The highest BCUT2D eigenvalue weighted by atomic mass is 32.1. The lowest BCUT2D eigenvalue weighted by Gasteiger charge is -2.04. The van der Waals surface area contributed by atoms with E-state index < -0.39 is 0 Å². The molecule has 3 rings (SSSR count). The van der Waals surface area contributed by atoms with E-state index >= 15 is 0 Å². The molecule has 0 saturated heterocycles. The summed E-state index contributed by atoms with van der Waals surface area (Å²) in [6, 6.07) is 14.3. The number of ether oxygens (including phenoxy) is 2. The number of carbonyl (C=O) groups excluding carboxylic acids is 2. The SMILES string of the molecule is COC(=O)c1ccc(-c2csc(NC(=O)Cc3cccc(OC)c3)n2)cc1. The van der Waals surface area contributed by atoms with Gasteiger partial charge in [0.1, 0.15) is 5.75 Å². The maximum Gasteiger partial charge on any atom is 0.337 e. The van der Waals surface area contributed by atoms with Gasteiger partial charge in [-0.05, 0) is 29.8 Å². The molecular weight excluding hydrogens is 364 g/mol. The van der Waals surface area contributed by atoms with Crippen molar-refractivity contribution in [2.75, 3.05) is 19.5 Å². The van der Waals surface area contributed by atoms with E-state index in [-0.39, 0.29) is 18.3 Å². The van der Waals surface area contributed by atoms with Crippen LogP contribution in [-0.2, 0) is 16.0 Å². The first kappa shape index (κ1) is 18.6. The first-order valence-corrected chi connectivity index (χ1v) is 9.04. The number of aromatic nitrogens is 1. The molecule has 0 spiro atoms. The molecule has 6 nitrogen and oxygen atoms in total. The minimum atomic E-state index is -0.384. The van der Waals surface area contributed by atoms with Gasteiger partial charge in [-0.3, -0.25) is 4.79 Å². The zero-order valence-corrected chi connectivity index (χ0v) is 15.7. The zero-order valence-electron chi connectivity index (χ0n) is 14.9. The van der Waals surface area contributed by atoms with E-state index in [0.717, 1.165) is 16.8 Å². The summed E-state index contributed by atoms with van der Waals surface area (Å²) in [5.74, 6) is 0.183. The molecule has 1 amide bonds. The number of carbonyl (C=O) groups is 2. The first-order valence-electron chi connectivity index (χ1n) is 8.16. The number of nitrogens with one attached hydrogen (secondary N) is 1. The van der Waals surface area contributed by atoms with Gasteiger partial charge in [-0.2, -0.15) is 0 Å². The molecule has 0 aliphatic rings. The Kier molecular flexibility index (Phi) is 5.83. The van der Waals surface area contributed by atoms with Gasteiger partial charge in [0, 0.05) is 10.9 Å². The monoisotopic (exact) mass is 382 g/mol. The maximum atomic E-state index is 12.2. The van der Waals surface area contributed by atoms with Gasteiger partial charge in [0.05, 0.1) is 31.9 Å². The molecule has 1 N–H and O–H groups in total. The number of esters is 1. The van der Waals surface area contributed by atoms with Gasteiger partial charge >= 0.3 is 5.97 Å². The van der Waals surface area contributed by atoms with E-state index in [9.17, 15) is 9.59 Å². The van der Waals surface area contributed by atoms with Crippen LogP contribution in [0.25, 0.3) is 11.3 Å². The quantitative estimate of drug-likeness (QED) is 0.657. The Morgan fingerprint density at radius 3 is 2.59 bits per heavy atom. The Morgan fingerprint density at radius 1 is 1.11 bits per heavy atom. The number of methoxy groups -OCH3 is 2. The molecular formula is C20H18N2O4S. The molecule has 0 bridgehead atoms. The topological polar surface area (TPSA) is 77.5 Å². The molecule has 27 heavy (non-hydrogen) atoms. The van der Waals surface area contributed by atoms with E-state index in [1.807, 2.05) is 29.6 Å². The van der Waals surface area contributed by atoms with Crippen molar-refractivity contribution in [3.05, 3.63) is 65.0 Å². The molecule has 1 aromatic heterocycles. The summed E-state index contributed by atoms with van der Waals surface area (Å²) in [6.07, 6.45) is 0.236. The van der Waals surface area contributed by atoms with Gasteiger partial charge in [0.25, 0.3) is 0 Å². The zero-order chi connectivity index (χ0) is 19.2. The van der Waals surface area contributed by atoms with E-state index in [1.165, 1.54) is 18.4 Å². The number of thiazole rings is 1. The Bertz CT molecular complexity index is 951. The van der Waals surface area contributed by atoms with Crippen LogP contribution in [0.4, 0.5) is 5.13 Å². The van der Waals surface area contributed by atoms with Crippen LogP contribution < -0.4 is 10.1 Å². The van der Waals surface area contributed by atoms with Crippen LogP contribution in [0.15, 0.2) is 53.9 Å². The highest BCUT2D eigenvalue weighted by molar-refractivity contribution is 7.14. The third kappa shape index (κ3) is 4.71. The number of hydrogen-bond acceptors (Lipinski definition) is 6. The summed E-state index contributed by atoms with van der Waals surface area (Å²) in [5, 5.41) is 5.19. The van der Waals surface area contributed by atoms with Crippen molar-refractivity contribution in [2.45, 2.75) is 6.42 Å². The fraction of sp³-hybridized carbons (Fsp3) is 0.150. The molecule has 0 atom stereocenters. The number of nitrogens with zero attached hydrogens (tertiary/aromatic N) is 1. The van der Waals surface area contributed by atoms with Crippen LogP contribution in [0.3, 0.4) is 0 Å². The Hall–Kier alpha value is -3.19. The molecule has 0 unspecified atom stereocenters. The van der Waals surface area contributed by atoms with Crippen molar-refractivity contribution in [2.24, 2.45) is 0 Å². The third-order valence-corrected chi connectivity index (χ3v) is 4.61. The fourth-order valence-corrected chi connectivity index (χ4v) is 3.23. The van der Waals surface area contributed by atoms with E-state index in [2.05, 4.69) is 15.0 Å². The van der Waals surface area contributed by atoms with E-state index in [1.54, 1.807) is 31.4 Å². The molecule has 3 aromatic rings. The molecule has 1 heterocycles. The van der Waals surface area contributed by atoms with Crippen LogP contribution in [0, 0.1) is 0 Å². The van der Waals surface area contributed by atoms with Gasteiger partial charge in [0.2, 0.25) is 5.91 Å². The highest BCUT2D eigenvalue weighted by Gasteiger charge is 2.11. The predicted molar refractivity (Wildman–Crippen MR) is 104 cm³/mol. The average molecular weight is 382 g/mol. The average Bonchev–Trinajstić information content (AvgIpc) is 3.15. The normalized spacial score (nSPS) is 10.3. The van der Waals surface area contributed by atoms with Gasteiger partial charge < -0.3 is 14.8 Å². The summed E-state index contributed by atoms with van der Waals surface area (Å²) >= 11 is 1.35. The maximum absolute atomic E-state index is 12.2. The summed E-state index contributed by atoms with van der Waals surface area (Å²) in [4.78, 5) is 28.2. The lowest BCUT2D eigenvalue weighted by molar-refractivity contribution is -0.115. The Labute approximate surface area is 160 Å². The van der Waals surface area contributed by atoms with Crippen LogP contribution >= 0.6 is 11.3 Å². The molecule has 0 aliphatic heterocycles. The van der Waals surface area contributed by atoms with Crippen molar-refractivity contribution >= 4 is 28.3 Å². The third-order valence-electron chi connectivity index (χ3n) is 3.85. The van der Waals surface area contributed by atoms with Crippen molar-refractivity contribution < 1.29 is 19.1 Å². The molecule has 0 aliphatic carbocycles. The van der Waals surface area contributed by atoms with Crippen molar-refractivity contribution in [3.63, 3.8) is 0 Å². The molecule has 138 valence electrons. The summed E-state index contributed by atoms with van der Waals surface area (Å²) in [5.41, 5.74) is 2.92. The minimum absolute atomic E-state index is 0.148. The van der Waals surface area contributed by atoms with Crippen LogP contribution in [-0.4, -0.2) is 31.1 Å². The van der Waals surface area contributed by atoms with Crippen molar-refractivity contribution in [1.29, 1.82) is 0 Å².